The van der Waals surface area contributed by atoms with E-state index in [-0.39, 0.29) is 29.1 Å². The van der Waals surface area contributed by atoms with Gasteiger partial charge in [0.1, 0.15) is 10.8 Å². The lowest BCUT2D eigenvalue weighted by Gasteiger charge is -2.14. The molecule has 1 unspecified atom stereocenters. The van der Waals surface area contributed by atoms with E-state index >= 15 is 0 Å². The number of nitrogens with one attached hydrogen (secondary N) is 2. The van der Waals surface area contributed by atoms with E-state index in [0.29, 0.717) is 16.2 Å². The number of esters is 1. The highest BCUT2D eigenvalue weighted by atomic mass is 32.1. The van der Waals surface area contributed by atoms with Crippen molar-refractivity contribution in [2.75, 3.05) is 19.0 Å². The van der Waals surface area contributed by atoms with E-state index < -0.39 is 11.9 Å². The number of para-hydroxylation sites is 1. The van der Waals surface area contributed by atoms with Crippen molar-refractivity contribution in [3.63, 3.8) is 0 Å². The van der Waals surface area contributed by atoms with Crippen molar-refractivity contribution in [2.45, 2.75) is 19.9 Å². The van der Waals surface area contributed by atoms with Crippen LogP contribution in [0.2, 0.25) is 0 Å². The topological polar surface area (TPSA) is 93.7 Å². The summed E-state index contributed by atoms with van der Waals surface area (Å²) in [5.41, 5.74) is 1.55. The number of rotatable bonds is 8. The van der Waals surface area contributed by atoms with Gasteiger partial charge in [0, 0.05) is 0 Å². The summed E-state index contributed by atoms with van der Waals surface area (Å²) in [7, 11) is 1.25. The van der Waals surface area contributed by atoms with Crippen LogP contribution in [0.15, 0.2) is 60.7 Å². The van der Waals surface area contributed by atoms with Gasteiger partial charge in [-0.1, -0.05) is 48.5 Å². The third-order valence-electron chi connectivity index (χ3n) is 4.76. The van der Waals surface area contributed by atoms with Gasteiger partial charge >= 0.3 is 5.97 Å². The first-order valence-corrected chi connectivity index (χ1v) is 10.8. The van der Waals surface area contributed by atoms with Crippen molar-refractivity contribution >= 4 is 34.1 Å². The molecule has 0 radical (unpaired) electrons. The van der Waals surface area contributed by atoms with Crippen LogP contribution in [0.25, 0.3) is 0 Å². The van der Waals surface area contributed by atoms with E-state index in [4.69, 9.17) is 9.47 Å². The molecule has 2 amide bonds. The summed E-state index contributed by atoms with van der Waals surface area (Å²) in [6.45, 7) is 3.29. The van der Waals surface area contributed by atoms with Gasteiger partial charge in [-0.2, -0.15) is 0 Å². The lowest BCUT2D eigenvalue weighted by Crippen LogP contribution is -2.26. The van der Waals surface area contributed by atoms with Crippen molar-refractivity contribution < 1.29 is 23.9 Å². The van der Waals surface area contributed by atoms with Crippen LogP contribution in [-0.4, -0.2) is 31.5 Å². The molecule has 0 bridgehead atoms. The molecule has 8 heteroatoms. The standard InChI is InChI=1S/C24H24N2O5S/c1-15-20(24(29)30-3)23(26-19(27)14-31-18-12-8-5-9-13-18)32-21(15)22(28)25-16(2)17-10-6-4-7-11-17/h4-13,16H,14H2,1-3H3,(H,25,28)(H,26,27). The molecule has 2 aromatic carbocycles. The Labute approximate surface area is 190 Å². The van der Waals surface area contributed by atoms with Crippen LogP contribution in [0, 0.1) is 6.92 Å². The average Bonchev–Trinajstić information content (AvgIpc) is 3.14. The average molecular weight is 453 g/mol. The van der Waals surface area contributed by atoms with Crippen molar-refractivity contribution in [1.82, 2.24) is 5.32 Å². The summed E-state index contributed by atoms with van der Waals surface area (Å²) in [6.07, 6.45) is 0. The summed E-state index contributed by atoms with van der Waals surface area (Å²) in [6, 6.07) is 18.2. The SMILES string of the molecule is COC(=O)c1c(NC(=O)COc2ccccc2)sc(C(=O)NC(C)c2ccccc2)c1C. The Morgan fingerprint density at radius 3 is 2.25 bits per heavy atom. The highest BCUT2D eigenvalue weighted by Gasteiger charge is 2.27. The smallest absolute Gasteiger partial charge is 0.341 e. The molecule has 0 aliphatic carbocycles. The van der Waals surface area contributed by atoms with Gasteiger partial charge in [-0.3, -0.25) is 9.59 Å². The monoisotopic (exact) mass is 452 g/mol. The highest BCUT2D eigenvalue weighted by molar-refractivity contribution is 7.18. The van der Waals surface area contributed by atoms with Gasteiger partial charge in [-0.25, -0.2) is 4.79 Å². The van der Waals surface area contributed by atoms with Crippen LogP contribution < -0.4 is 15.4 Å². The molecule has 0 spiro atoms. The first-order chi connectivity index (χ1) is 15.4. The van der Waals surface area contributed by atoms with Crippen molar-refractivity contribution in [1.29, 1.82) is 0 Å². The molecule has 1 aromatic heterocycles. The number of amides is 2. The first kappa shape index (κ1) is 23.0. The lowest BCUT2D eigenvalue weighted by molar-refractivity contribution is -0.118. The van der Waals surface area contributed by atoms with Crippen molar-refractivity contribution in [3.05, 3.63) is 82.2 Å². The molecular weight excluding hydrogens is 428 g/mol. The number of hydrogen-bond donors (Lipinski definition) is 2. The minimum Gasteiger partial charge on any atom is -0.484 e. The lowest BCUT2D eigenvalue weighted by atomic mass is 10.1. The Bertz CT molecular complexity index is 1100. The second-order valence-electron chi connectivity index (χ2n) is 7.01. The van der Waals surface area contributed by atoms with E-state index in [1.165, 1.54) is 7.11 Å². The highest BCUT2D eigenvalue weighted by Crippen LogP contribution is 2.34. The molecular formula is C24H24N2O5S. The minimum atomic E-state index is -0.631. The molecule has 7 nitrogen and oxygen atoms in total. The molecule has 0 aliphatic heterocycles. The summed E-state index contributed by atoms with van der Waals surface area (Å²) in [4.78, 5) is 38.0. The molecule has 32 heavy (non-hydrogen) atoms. The fraction of sp³-hybridized carbons (Fsp3) is 0.208. The van der Waals surface area contributed by atoms with Gasteiger partial charge in [0.15, 0.2) is 6.61 Å². The predicted molar refractivity (Wildman–Crippen MR) is 123 cm³/mol. The Hall–Kier alpha value is -3.65. The Morgan fingerprint density at radius 1 is 1.00 bits per heavy atom. The van der Waals surface area contributed by atoms with Gasteiger partial charge < -0.3 is 20.1 Å². The van der Waals surface area contributed by atoms with Gasteiger partial charge in [0.2, 0.25) is 0 Å². The Morgan fingerprint density at radius 2 is 1.62 bits per heavy atom. The fourth-order valence-electron chi connectivity index (χ4n) is 3.08. The van der Waals surface area contributed by atoms with Crippen molar-refractivity contribution in [2.24, 2.45) is 0 Å². The van der Waals surface area contributed by atoms with Gasteiger partial charge in [-0.05, 0) is 37.1 Å². The van der Waals surface area contributed by atoms with E-state index in [1.807, 2.05) is 43.3 Å². The molecule has 0 aliphatic rings. The largest absolute Gasteiger partial charge is 0.484 e. The predicted octanol–water partition coefficient (Wildman–Crippen LogP) is 4.35. The maximum absolute atomic E-state index is 12.9. The zero-order valence-corrected chi connectivity index (χ0v) is 18.8. The maximum Gasteiger partial charge on any atom is 0.341 e. The molecule has 1 heterocycles. The third-order valence-corrected chi connectivity index (χ3v) is 5.96. The Kier molecular flexibility index (Phi) is 7.62. The molecule has 0 fully saturated rings. The molecule has 0 saturated carbocycles. The minimum absolute atomic E-state index is 0.156. The second kappa shape index (κ2) is 10.6. The number of carbonyl (C=O) groups is 3. The summed E-state index contributed by atoms with van der Waals surface area (Å²) >= 11 is 1.02. The summed E-state index contributed by atoms with van der Waals surface area (Å²) in [5.74, 6) is -0.874. The molecule has 3 aromatic rings. The summed E-state index contributed by atoms with van der Waals surface area (Å²) in [5, 5.41) is 5.85. The molecule has 166 valence electrons. The number of methoxy groups -OCH3 is 1. The molecule has 3 rings (SSSR count). The van der Waals surface area contributed by atoms with Crippen LogP contribution in [0.1, 0.15) is 44.1 Å². The number of benzene rings is 2. The van der Waals surface area contributed by atoms with E-state index in [0.717, 1.165) is 16.9 Å². The quantitative estimate of drug-likeness (QED) is 0.496. The van der Waals surface area contributed by atoms with Crippen LogP contribution in [-0.2, 0) is 9.53 Å². The number of ether oxygens (including phenoxy) is 2. The fourth-order valence-corrected chi connectivity index (χ4v) is 4.20. The number of thiophene rings is 1. The van der Waals surface area contributed by atoms with Gasteiger partial charge in [0.25, 0.3) is 11.8 Å². The maximum atomic E-state index is 12.9. The van der Waals surface area contributed by atoms with Crippen LogP contribution in [0.4, 0.5) is 5.00 Å². The van der Waals surface area contributed by atoms with E-state index in [2.05, 4.69) is 10.6 Å². The number of hydrogen-bond acceptors (Lipinski definition) is 6. The normalized spacial score (nSPS) is 11.3. The van der Waals surface area contributed by atoms with Crippen molar-refractivity contribution in [3.8, 4) is 5.75 Å². The molecule has 0 saturated heterocycles. The zero-order valence-electron chi connectivity index (χ0n) is 18.0. The van der Waals surface area contributed by atoms with Gasteiger partial charge in [-0.15, -0.1) is 11.3 Å². The number of anilines is 1. The zero-order chi connectivity index (χ0) is 23.1. The second-order valence-corrected chi connectivity index (χ2v) is 8.03. The first-order valence-electron chi connectivity index (χ1n) is 9.96. The third kappa shape index (κ3) is 5.53. The number of carbonyl (C=O) groups excluding carboxylic acids is 3. The molecule has 1 atom stereocenters. The van der Waals surface area contributed by atoms with Gasteiger partial charge in [0.05, 0.1) is 23.6 Å². The van der Waals surface area contributed by atoms with E-state index in [1.54, 1.807) is 31.2 Å². The summed E-state index contributed by atoms with van der Waals surface area (Å²) < 4.78 is 10.3. The molecule has 2 N–H and O–H groups in total. The van der Waals surface area contributed by atoms with Crippen LogP contribution in [0.3, 0.4) is 0 Å². The van der Waals surface area contributed by atoms with E-state index in [9.17, 15) is 14.4 Å². The Balaban J connectivity index is 1.77. The van der Waals surface area contributed by atoms with Crippen LogP contribution >= 0.6 is 11.3 Å². The van der Waals surface area contributed by atoms with Crippen LogP contribution in [0.5, 0.6) is 5.75 Å².